The van der Waals surface area contributed by atoms with Crippen LogP contribution in [0.25, 0.3) is 0 Å². The van der Waals surface area contributed by atoms with Crippen molar-refractivity contribution in [1.82, 2.24) is 9.88 Å². The Bertz CT molecular complexity index is 419. The molecule has 2 heterocycles. The molecule has 1 aromatic rings. The van der Waals surface area contributed by atoms with Gasteiger partial charge in [0, 0.05) is 31.2 Å². The van der Waals surface area contributed by atoms with Crippen molar-refractivity contribution < 1.29 is 0 Å². The van der Waals surface area contributed by atoms with Gasteiger partial charge >= 0.3 is 0 Å². The fourth-order valence-electron chi connectivity index (χ4n) is 2.63. The van der Waals surface area contributed by atoms with Gasteiger partial charge in [0.05, 0.1) is 11.8 Å². The topological polar surface area (TPSA) is 39.9 Å². The van der Waals surface area contributed by atoms with Crippen molar-refractivity contribution in [3.8, 4) is 6.07 Å². The Kier molecular flexibility index (Phi) is 3.98. The molecule has 1 saturated heterocycles. The van der Waals surface area contributed by atoms with Crippen molar-refractivity contribution >= 4 is 0 Å². The summed E-state index contributed by atoms with van der Waals surface area (Å²) in [5, 5.41) is 8.84. The molecule has 0 amide bonds. The number of nitriles is 1. The zero-order valence-electron chi connectivity index (χ0n) is 11.3. The molecule has 1 aliphatic heterocycles. The molecule has 0 N–H and O–H groups in total. The van der Waals surface area contributed by atoms with E-state index in [0.29, 0.717) is 12.3 Å². The van der Waals surface area contributed by atoms with Crippen LogP contribution in [0.4, 0.5) is 0 Å². The lowest BCUT2D eigenvalue weighted by Crippen LogP contribution is -2.49. The smallest absolute Gasteiger partial charge is 0.0625 e. The van der Waals surface area contributed by atoms with Crippen molar-refractivity contribution in [2.75, 3.05) is 6.54 Å². The average Bonchev–Trinajstić information content (AvgIpc) is 2.35. The molecular weight excluding hydrogens is 222 g/mol. The summed E-state index contributed by atoms with van der Waals surface area (Å²) >= 11 is 0. The van der Waals surface area contributed by atoms with Gasteiger partial charge in [0.25, 0.3) is 0 Å². The molecule has 2 rings (SSSR count). The highest BCUT2D eigenvalue weighted by atomic mass is 15.2. The first-order valence-corrected chi connectivity index (χ1v) is 6.64. The third-order valence-corrected chi connectivity index (χ3v) is 3.96. The molecule has 0 radical (unpaired) electrons. The van der Waals surface area contributed by atoms with Gasteiger partial charge in [0.2, 0.25) is 0 Å². The number of rotatable bonds is 3. The number of hydrogen-bond acceptors (Lipinski definition) is 3. The molecule has 0 aromatic carbocycles. The monoisotopic (exact) mass is 243 g/mol. The Morgan fingerprint density at radius 3 is 3.00 bits per heavy atom. The van der Waals surface area contributed by atoms with E-state index in [0.717, 1.165) is 25.2 Å². The van der Waals surface area contributed by atoms with E-state index >= 15 is 0 Å². The molecule has 18 heavy (non-hydrogen) atoms. The third kappa shape index (κ3) is 3.08. The second-order valence-corrected chi connectivity index (χ2v) is 5.78. The van der Waals surface area contributed by atoms with Crippen molar-refractivity contribution in [3.63, 3.8) is 0 Å². The van der Waals surface area contributed by atoms with E-state index in [4.69, 9.17) is 5.26 Å². The van der Waals surface area contributed by atoms with Crippen LogP contribution in [0.1, 0.15) is 38.8 Å². The van der Waals surface area contributed by atoms with Crippen LogP contribution in [-0.2, 0) is 6.54 Å². The standard InChI is InChI=1S/C15H21N3/c1-15(2)8-6-13(7-9-16)11-18(15)12-14-5-3-4-10-17-14/h3-5,10,13H,6-8,11-12H2,1-2H3. The molecule has 0 bridgehead atoms. The van der Waals surface area contributed by atoms with Gasteiger partial charge in [0.1, 0.15) is 0 Å². The summed E-state index contributed by atoms with van der Waals surface area (Å²) in [4.78, 5) is 6.88. The molecular formula is C15H21N3. The highest BCUT2D eigenvalue weighted by Gasteiger charge is 2.33. The van der Waals surface area contributed by atoms with Crippen LogP contribution < -0.4 is 0 Å². The van der Waals surface area contributed by atoms with Gasteiger partial charge in [-0.1, -0.05) is 6.07 Å². The number of aromatic nitrogens is 1. The highest BCUT2D eigenvalue weighted by Crippen LogP contribution is 2.32. The summed E-state index contributed by atoms with van der Waals surface area (Å²) < 4.78 is 0. The summed E-state index contributed by atoms with van der Waals surface area (Å²) in [5.74, 6) is 0.520. The van der Waals surface area contributed by atoms with Gasteiger partial charge in [-0.05, 0) is 44.7 Å². The van der Waals surface area contributed by atoms with Gasteiger partial charge in [-0.2, -0.15) is 5.26 Å². The first-order valence-electron chi connectivity index (χ1n) is 6.64. The maximum Gasteiger partial charge on any atom is 0.0625 e. The van der Waals surface area contributed by atoms with Crippen LogP contribution >= 0.6 is 0 Å². The maximum atomic E-state index is 8.84. The normalized spacial score (nSPS) is 23.5. The van der Waals surface area contributed by atoms with E-state index < -0.39 is 0 Å². The van der Waals surface area contributed by atoms with E-state index in [1.54, 1.807) is 0 Å². The van der Waals surface area contributed by atoms with Crippen LogP contribution in [0.2, 0.25) is 0 Å². The minimum absolute atomic E-state index is 0.212. The van der Waals surface area contributed by atoms with Crippen molar-refractivity contribution in [2.45, 2.75) is 45.2 Å². The number of likely N-dealkylation sites (tertiary alicyclic amines) is 1. The second-order valence-electron chi connectivity index (χ2n) is 5.78. The van der Waals surface area contributed by atoms with E-state index in [1.165, 1.54) is 6.42 Å². The lowest BCUT2D eigenvalue weighted by atomic mass is 9.83. The van der Waals surface area contributed by atoms with Crippen molar-refractivity contribution in [3.05, 3.63) is 30.1 Å². The van der Waals surface area contributed by atoms with Crippen LogP contribution in [0, 0.1) is 17.2 Å². The Hall–Kier alpha value is -1.40. The van der Waals surface area contributed by atoms with E-state index in [-0.39, 0.29) is 5.54 Å². The minimum atomic E-state index is 0.212. The van der Waals surface area contributed by atoms with Gasteiger partial charge < -0.3 is 0 Å². The number of piperidine rings is 1. The summed E-state index contributed by atoms with van der Waals surface area (Å²) in [6.07, 6.45) is 4.85. The zero-order valence-corrected chi connectivity index (χ0v) is 11.3. The Morgan fingerprint density at radius 2 is 2.33 bits per heavy atom. The van der Waals surface area contributed by atoms with Crippen molar-refractivity contribution in [2.24, 2.45) is 5.92 Å². The van der Waals surface area contributed by atoms with Crippen molar-refractivity contribution in [1.29, 1.82) is 5.26 Å². The second kappa shape index (κ2) is 5.49. The summed E-state index contributed by atoms with van der Waals surface area (Å²) in [6.45, 7) is 6.48. The Morgan fingerprint density at radius 1 is 1.50 bits per heavy atom. The first-order chi connectivity index (χ1) is 8.62. The van der Waals surface area contributed by atoms with Gasteiger partial charge in [-0.3, -0.25) is 9.88 Å². The zero-order chi connectivity index (χ0) is 13.0. The third-order valence-electron chi connectivity index (χ3n) is 3.96. The number of hydrogen-bond donors (Lipinski definition) is 0. The van der Waals surface area contributed by atoms with Crippen LogP contribution in [0.3, 0.4) is 0 Å². The fourth-order valence-corrected chi connectivity index (χ4v) is 2.63. The fraction of sp³-hybridized carbons (Fsp3) is 0.600. The van der Waals surface area contributed by atoms with Gasteiger partial charge in [-0.25, -0.2) is 0 Å². The van der Waals surface area contributed by atoms with Crippen LogP contribution in [0.5, 0.6) is 0 Å². The predicted molar refractivity (Wildman–Crippen MR) is 71.7 cm³/mol. The number of nitrogens with zero attached hydrogens (tertiary/aromatic N) is 3. The molecule has 1 aliphatic rings. The summed E-state index contributed by atoms with van der Waals surface area (Å²) in [7, 11) is 0. The Labute approximate surface area is 109 Å². The maximum absolute atomic E-state index is 8.84. The molecule has 1 fully saturated rings. The molecule has 3 heteroatoms. The lowest BCUT2D eigenvalue weighted by molar-refractivity contribution is 0.0381. The van der Waals surface area contributed by atoms with E-state index in [1.807, 2.05) is 18.3 Å². The predicted octanol–water partition coefficient (Wildman–Crippen LogP) is 2.99. The summed E-state index contributed by atoms with van der Waals surface area (Å²) in [5.41, 5.74) is 1.33. The van der Waals surface area contributed by atoms with Gasteiger partial charge in [0.15, 0.2) is 0 Å². The molecule has 0 aliphatic carbocycles. The molecule has 0 spiro atoms. The highest BCUT2D eigenvalue weighted by molar-refractivity contribution is 5.05. The first kappa shape index (κ1) is 13.0. The summed E-state index contributed by atoms with van der Waals surface area (Å²) in [6, 6.07) is 8.36. The average molecular weight is 243 g/mol. The molecule has 3 nitrogen and oxygen atoms in total. The lowest BCUT2D eigenvalue weighted by Gasteiger charge is -2.45. The van der Waals surface area contributed by atoms with Crippen LogP contribution in [0.15, 0.2) is 24.4 Å². The van der Waals surface area contributed by atoms with E-state index in [9.17, 15) is 0 Å². The van der Waals surface area contributed by atoms with E-state index in [2.05, 4.69) is 35.9 Å². The molecule has 1 atom stereocenters. The molecule has 1 unspecified atom stereocenters. The van der Waals surface area contributed by atoms with Gasteiger partial charge in [-0.15, -0.1) is 0 Å². The molecule has 1 aromatic heterocycles. The molecule has 0 saturated carbocycles. The quantitative estimate of drug-likeness (QED) is 0.819. The minimum Gasteiger partial charge on any atom is -0.292 e. The van der Waals surface area contributed by atoms with Crippen LogP contribution in [-0.4, -0.2) is 22.0 Å². The Balaban J connectivity index is 2.06. The largest absolute Gasteiger partial charge is 0.292 e. The molecule has 96 valence electrons. The number of pyridine rings is 1. The SMILES string of the molecule is CC1(C)CCC(CC#N)CN1Cc1ccccn1.